The minimum Gasteiger partial charge on any atom is -0.506 e. The highest BCUT2D eigenvalue weighted by Gasteiger charge is 2.08. The maximum absolute atomic E-state index is 9.70. The minimum atomic E-state index is 0.237. The second kappa shape index (κ2) is 6.74. The molecule has 2 N–H and O–H groups in total. The molecule has 2 nitrogen and oxygen atoms in total. The number of halogens is 2. The molecule has 2 rings (SSSR count). The van der Waals surface area contributed by atoms with Crippen molar-refractivity contribution in [2.45, 2.75) is 26.4 Å². The van der Waals surface area contributed by atoms with E-state index in [-0.39, 0.29) is 11.8 Å². The van der Waals surface area contributed by atoms with Crippen LogP contribution in [0.1, 0.15) is 29.7 Å². The molecule has 0 aliphatic heterocycles. The van der Waals surface area contributed by atoms with Crippen LogP contribution in [-0.4, -0.2) is 5.11 Å². The van der Waals surface area contributed by atoms with Gasteiger partial charge in [0, 0.05) is 12.6 Å². The quantitative estimate of drug-likeness (QED) is 0.752. The zero-order chi connectivity index (χ0) is 14.7. The van der Waals surface area contributed by atoms with Crippen molar-refractivity contribution in [2.75, 3.05) is 0 Å². The van der Waals surface area contributed by atoms with Crippen LogP contribution in [0.5, 0.6) is 5.75 Å². The van der Waals surface area contributed by atoms with Crippen LogP contribution in [0.4, 0.5) is 0 Å². The van der Waals surface area contributed by atoms with Gasteiger partial charge in [0.15, 0.2) is 0 Å². The molecule has 0 aliphatic carbocycles. The Labute approximate surface area is 136 Å². The molecule has 0 unspecified atom stereocenters. The minimum absolute atomic E-state index is 0.237. The van der Waals surface area contributed by atoms with Crippen molar-refractivity contribution in [3.05, 3.63) is 62.0 Å². The zero-order valence-electron chi connectivity index (χ0n) is 11.5. The Morgan fingerprint density at radius 3 is 2.40 bits per heavy atom. The van der Waals surface area contributed by atoms with Crippen molar-refractivity contribution in [1.29, 1.82) is 0 Å². The lowest BCUT2D eigenvalue weighted by molar-refractivity contribution is 0.467. The molecule has 0 amide bonds. The van der Waals surface area contributed by atoms with Crippen LogP contribution in [0.25, 0.3) is 0 Å². The molecule has 0 fully saturated rings. The molecule has 0 spiro atoms. The average molecular weight is 399 g/mol. The third kappa shape index (κ3) is 3.84. The summed E-state index contributed by atoms with van der Waals surface area (Å²) >= 11 is 6.70. The lowest BCUT2D eigenvalue weighted by Gasteiger charge is -2.15. The summed E-state index contributed by atoms with van der Waals surface area (Å²) in [7, 11) is 0. The summed E-state index contributed by atoms with van der Waals surface area (Å²) in [5.74, 6) is 0.237. The van der Waals surface area contributed by atoms with Gasteiger partial charge in [0.2, 0.25) is 0 Å². The van der Waals surface area contributed by atoms with Crippen LogP contribution in [-0.2, 0) is 6.54 Å². The summed E-state index contributed by atoms with van der Waals surface area (Å²) in [4.78, 5) is 0. The number of phenols is 1. The number of benzene rings is 2. The van der Waals surface area contributed by atoms with E-state index >= 15 is 0 Å². The predicted molar refractivity (Wildman–Crippen MR) is 89.9 cm³/mol. The Balaban J connectivity index is 2.05. The van der Waals surface area contributed by atoms with Crippen molar-refractivity contribution in [2.24, 2.45) is 0 Å². The monoisotopic (exact) mass is 397 g/mol. The Bertz CT molecular complexity index is 590. The van der Waals surface area contributed by atoms with Gasteiger partial charge in [0.25, 0.3) is 0 Å². The highest BCUT2D eigenvalue weighted by molar-refractivity contribution is 9.11. The molecule has 1 atom stereocenters. The van der Waals surface area contributed by atoms with Gasteiger partial charge in [-0.2, -0.15) is 0 Å². The first-order chi connectivity index (χ1) is 9.47. The third-order valence-corrected chi connectivity index (χ3v) is 4.44. The molecule has 0 saturated heterocycles. The average Bonchev–Trinajstić information content (AvgIpc) is 2.42. The van der Waals surface area contributed by atoms with Crippen LogP contribution in [0, 0.1) is 6.92 Å². The van der Waals surface area contributed by atoms with Crippen molar-refractivity contribution >= 4 is 31.9 Å². The van der Waals surface area contributed by atoms with E-state index in [4.69, 9.17) is 0 Å². The van der Waals surface area contributed by atoms with Gasteiger partial charge in [-0.3, -0.25) is 0 Å². The third-order valence-electron chi connectivity index (χ3n) is 3.23. The lowest BCUT2D eigenvalue weighted by atomic mass is 10.1. The van der Waals surface area contributed by atoms with Crippen molar-refractivity contribution in [3.63, 3.8) is 0 Å². The van der Waals surface area contributed by atoms with Gasteiger partial charge in [0.1, 0.15) is 5.75 Å². The van der Waals surface area contributed by atoms with E-state index in [1.807, 2.05) is 12.1 Å². The number of aromatic hydroxyl groups is 1. The molecule has 2 aromatic carbocycles. The molecule has 2 aromatic rings. The van der Waals surface area contributed by atoms with Gasteiger partial charge < -0.3 is 10.4 Å². The lowest BCUT2D eigenvalue weighted by Crippen LogP contribution is -2.18. The first-order valence-corrected chi connectivity index (χ1v) is 8.03. The van der Waals surface area contributed by atoms with Crippen molar-refractivity contribution in [3.8, 4) is 5.75 Å². The van der Waals surface area contributed by atoms with Crippen LogP contribution in [0.15, 0.2) is 45.3 Å². The predicted octanol–water partition coefficient (Wildman–Crippen LogP) is 5.08. The molecule has 0 heterocycles. The molecule has 0 aliphatic rings. The van der Waals surface area contributed by atoms with E-state index < -0.39 is 0 Å². The maximum atomic E-state index is 9.70. The summed E-state index contributed by atoms with van der Waals surface area (Å²) < 4.78 is 1.40. The second-order valence-electron chi connectivity index (χ2n) is 4.92. The van der Waals surface area contributed by atoms with Gasteiger partial charge >= 0.3 is 0 Å². The first-order valence-electron chi connectivity index (χ1n) is 6.44. The highest BCUT2D eigenvalue weighted by Crippen LogP contribution is 2.33. The fourth-order valence-electron chi connectivity index (χ4n) is 2.05. The Morgan fingerprint density at radius 1 is 1.15 bits per heavy atom. The summed E-state index contributed by atoms with van der Waals surface area (Å²) in [6, 6.07) is 12.6. The van der Waals surface area contributed by atoms with Crippen LogP contribution in [0.2, 0.25) is 0 Å². The van der Waals surface area contributed by atoms with Gasteiger partial charge in [-0.15, -0.1) is 0 Å². The Hall–Kier alpha value is -0.840. The number of hydrogen-bond donors (Lipinski definition) is 2. The van der Waals surface area contributed by atoms with E-state index in [1.54, 1.807) is 0 Å². The molecule has 0 aromatic heterocycles. The summed E-state index contributed by atoms with van der Waals surface area (Å²) in [5.41, 5.74) is 3.66. The molecule has 20 heavy (non-hydrogen) atoms. The Morgan fingerprint density at radius 2 is 1.80 bits per heavy atom. The number of phenolic OH excluding ortho intramolecular Hbond substituents is 1. The SMILES string of the molecule is Cc1cccc([C@H](C)NCc2cc(Br)c(O)c(Br)c2)c1. The first kappa shape index (κ1) is 15.5. The molecule has 0 saturated carbocycles. The maximum Gasteiger partial charge on any atom is 0.143 e. The van der Waals surface area contributed by atoms with Crippen LogP contribution < -0.4 is 5.32 Å². The van der Waals surface area contributed by atoms with E-state index in [0.717, 1.165) is 12.1 Å². The van der Waals surface area contributed by atoms with E-state index in [0.29, 0.717) is 8.95 Å². The van der Waals surface area contributed by atoms with Crippen LogP contribution >= 0.6 is 31.9 Å². The van der Waals surface area contributed by atoms with Gasteiger partial charge in [0.05, 0.1) is 8.95 Å². The molecule has 4 heteroatoms. The number of aryl methyl sites for hydroxylation is 1. The zero-order valence-corrected chi connectivity index (χ0v) is 14.6. The summed E-state index contributed by atoms with van der Waals surface area (Å²) in [6.07, 6.45) is 0. The molecule has 0 radical (unpaired) electrons. The molecule has 106 valence electrons. The van der Waals surface area contributed by atoms with Crippen molar-refractivity contribution in [1.82, 2.24) is 5.32 Å². The highest BCUT2D eigenvalue weighted by atomic mass is 79.9. The van der Waals surface area contributed by atoms with Gasteiger partial charge in [-0.25, -0.2) is 0 Å². The summed E-state index contributed by atoms with van der Waals surface area (Å²) in [5, 5.41) is 13.2. The normalized spacial score (nSPS) is 12.4. The fraction of sp³-hybridized carbons (Fsp3) is 0.250. The number of nitrogens with one attached hydrogen (secondary N) is 1. The molecule has 0 bridgehead atoms. The largest absolute Gasteiger partial charge is 0.506 e. The Kier molecular flexibility index (Phi) is 5.24. The van der Waals surface area contributed by atoms with Crippen molar-refractivity contribution < 1.29 is 5.11 Å². The molecular weight excluding hydrogens is 382 g/mol. The van der Waals surface area contributed by atoms with Crippen LogP contribution in [0.3, 0.4) is 0 Å². The topological polar surface area (TPSA) is 32.3 Å². The number of hydrogen-bond acceptors (Lipinski definition) is 2. The molecular formula is C16H17Br2NO. The summed E-state index contributed by atoms with van der Waals surface area (Å²) in [6.45, 7) is 5.00. The van der Waals surface area contributed by atoms with E-state index in [9.17, 15) is 5.11 Å². The standard InChI is InChI=1S/C16H17Br2NO/c1-10-4-3-5-13(6-10)11(2)19-9-12-7-14(17)16(20)15(18)8-12/h3-8,11,19-20H,9H2,1-2H3/t11-/m0/s1. The number of rotatable bonds is 4. The van der Waals surface area contributed by atoms with Gasteiger partial charge in [-0.1, -0.05) is 29.8 Å². The van der Waals surface area contributed by atoms with Gasteiger partial charge in [-0.05, 0) is 69.0 Å². The van der Waals surface area contributed by atoms with E-state index in [1.165, 1.54) is 11.1 Å². The smallest absolute Gasteiger partial charge is 0.143 e. The second-order valence-corrected chi connectivity index (χ2v) is 6.63. The van der Waals surface area contributed by atoms with E-state index in [2.05, 4.69) is 75.3 Å². The fourth-order valence-corrected chi connectivity index (χ4v) is 3.33.